The molecule has 0 radical (unpaired) electrons. The van der Waals surface area contributed by atoms with E-state index in [9.17, 15) is 4.79 Å². The van der Waals surface area contributed by atoms with Gasteiger partial charge in [0.15, 0.2) is 11.7 Å². The molecule has 0 saturated heterocycles. The number of oxazole rings is 1. The molecule has 1 unspecified atom stereocenters. The highest BCUT2D eigenvalue weighted by molar-refractivity contribution is 5.77. The van der Waals surface area contributed by atoms with E-state index in [0.29, 0.717) is 25.3 Å². The maximum atomic E-state index is 12.6. The van der Waals surface area contributed by atoms with Crippen LogP contribution in [0.5, 0.6) is 5.75 Å². The predicted molar refractivity (Wildman–Crippen MR) is 112 cm³/mol. The highest BCUT2D eigenvalue weighted by atomic mass is 16.5. The number of aryl methyl sites for hydroxylation is 4. The summed E-state index contributed by atoms with van der Waals surface area (Å²) in [6.45, 7) is 6.77. The third kappa shape index (κ3) is 4.34. The minimum absolute atomic E-state index is 0.00269. The Hall–Kier alpha value is -3.08. The van der Waals surface area contributed by atoms with E-state index in [0.717, 1.165) is 34.6 Å². The summed E-state index contributed by atoms with van der Waals surface area (Å²) in [5.41, 5.74) is 5.55. The Balaban J connectivity index is 1.38. The second kappa shape index (κ2) is 8.11. The number of aromatic nitrogens is 1. The minimum atomic E-state index is -0.0162. The minimum Gasteiger partial charge on any atom is -0.493 e. The fourth-order valence-corrected chi connectivity index (χ4v) is 3.79. The molecule has 0 bridgehead atoms. The SMILES string of the molecule is Cc1ccc(-c2cnc(CCC(=O)NC3CCOc4c(C)cc(C)cc43)o2)cc1. The van der Waals surface area contributed by atoms with Gasteiger partial charge in [0.1, 0.15) is 5.75 Å². The molecule has 5 nitrogen and oxygen atoms in total. The maximum absolute atomic E-state index is 12.6. The van der Waals surface area contributed by atoms with Crippen molar-refractivity contribution in [2.45, 2.75) is 46.1 Å². The number of hydrogen-bond acceptors (Lipinski definition) is 4. The number of nitrogens with one attached hydrogen (secondary N) is 1. The van der Waals surface area contributed by atoms with Gasteiger partial charge in [0, 0.05) is 30.4 Å². The molecule has 5 heteroatoms. The largest absolute Gasteiger partial charge is 0.493 e. The van der Waals surface area contributed by atoms with Crippen LogP contribution in [0.1, 0.15) is 47.0 Å². The second-order valence-corrected chi connectivity index (χ2v) is 7.74. The van der Waals surface area contributed by atoms with Crippen molar-refractivity contribution < 1.29 is 13.9 Å². The maximum Gasteiger partial charge on any atom is 0.220 e. The summed E-state index contributed by atoms with van der Waals surface area (Å²) in [4.78, 5) is 16.9. The van der Waals surface area contributed by atoms with Crippen molar-refractivity contribution in [3.05, 3.63) is 70.7 Å². The molecule has 0 aliphatic carbocycles. The highest BCUT2D eigenvalue weighted by Crippen LogP contribution is 2.35. The van der Waals surface area contributed by atoms with E-state index in [1.54, 1.807) is 6.20 Å². The Morgan fingerprint density at radius 1 is 1.14 bits per heavy atom. The summed E-state index contributed by atoms with van der Waals surface area (Å²) in [5.74, 6) is 2.21. The first-order valence-electron chi connectivity index (χ1n) is 10.0. The van der Waals surface area contributed by atoms with Gasteiger partial charge in [-0.15, -0.1) is 0 Å². The average molecular weight is 390 g/mol. The van der Waals surface area contributed by atoms with Gasteiger partial charge in [0.2, 0.25) is 5.91 Å². The first-order chi connectivity index (χ1) is 14.0. The summed E-state index contributed by atoms with van der Waals surface area (Å²) in [7, 11) is 0. The van der Waals surface area contributed by atoms with Crippen LogP contribution < -0.4 is 10.1 Å². The number of carbonyl (C=O) groups excluding carboxylic acids is 1. The quantitative estimate of drug-likeness (QED) is 0.677. The fourth-order valence-electron chi connectivity index (χ4n) is 3.79. The van der Waals surface area contributed by atoms with Crippen molar-refractivity contribution in [3.63, 3.8) is 0 Å². The molecule has 2 heterocycles. The Morgan fingerprint density at radius 2 is 1.93 bits per heavy atom. The number of fused-ring (bicyclic) bond motifs is 1. The molecule has 1 aliphatic heterocycles. The molecule has 150 valence electrons. The molecule has 0 saturated carbocycles. The lowest BCUT2D eigenvalue weighted by Crippen LogP contribution is -2.32. The van der Waals surface area contributed by atoms with Crippen LogP contribution in [0.2, 0.25) is 0 Å². The van der Waals surface area contributed by atoms with Gasteiger partial charge >= 0.3 is 0 Å². The van der Waals surface area contributed by atoms with Gasteiger partial charge in [-0.3, -0.25) is 4.79 Å². The van der Waals surface area contributed by atoms with Gasteiger partial charge in [-0.25, -0.2) is 4.98 Å². The molecular weight excluding hydrogens is 364 g/mol. The molecule has 0 fully saturated rings. The first-order valence-corrected chi connectivity index (χ1v) is 10.0. The fraction of sp³-hybridized carbons (Fsp3) is 0.333. The summed E-state index contributed by atoms with van der Waals surface area (Å²) in [6, 6.07) is 12.3. The molecule has 1 aromatic heterocycles. The number of nitrogens with zero attached hydrogens (tertiary/aromatic N) is 1. The Bertz CT molecular complexity index is 1020. The van der Waals surface area contributed by atoms with E-state index in [2.05, 4.69) is 29.4 Å². The number of amides is 1. The van der Waals surface area contributed by atoms with E-state index in [-0.39, 0.29) is 11.9 Å². The van der Waals surface area contributed by atoms with Gasteiger partial charge in [-0.2, -0.15) is 0 Å². The van der Waals surface area contributed by atoms with Crippen LogP contribution in [0.15, 0.2) is 47.0 Å². The first kappa shape index (κ1) is 19.2. The van der Waals surface area contributed by atoms with E-state index in [1.165, 1.54) is 11.1 Å². The number of rotatable bonds is 5. The zero-order valence-electron chi connectivity index (χ0n) is 17.1. The third-order valence-electron chi connectivity index (χ3n) is 5.27. The molecule has 3 aromatic rings. The Kier molecular flexibility index (Phi) is 5.38. The molecule has 1 N–H and O–H groups in total. The van der Waals surface area contributed by atoms with Gasteiger partial charge in [0.25, 0.3) is 0 Å². The van der Waals surface area contributed by atoms with Crippen LogP contribution in [0, 0.1) is 20.8 Å². The molecule has 29 heavy (non-hydrogen) atoms. The predicted octanol–water partition coefficient (Wildman–Crippen LogP) is 4.84. The Morgan fingerprint density at radius 3 is 2.72 bits per heavy atom. The van der Waals surface area contributed by atoms with Crippen LogP contribution in [0.25, 0.3) is 11.3 Å². The number of ether oxygens (including phenoxy) is 1. The number of carbonyl (C=O) groups is 1. The summed E-state index contributed by atoms with van der Waals surface area (Å²) in [5, 5.41) is 3.16. The van der Waals surface area contributed by atoms with Gasteiger partial charge in [-0.05, 0) is 26.3 Å². The standard InChI is InChI=1S/C24H26N2O3/c1-15-4-6-18(7-5-15)21-14-25-23(29-21)9-8-22(27)26-20-10-11-28-24-17(3)12-16(2)13-19(20)24/h4-7,12-14,20H,8-11H2,1-3H3,(H,26,27). The van der Waals surface area contributed by atoms with Crippen molar-refractivity contribution in [3.8, 4) is 17.1 Å². The van der Waals surface area contributed by atoms with Crippen molar-refractivity contribution in [2.24, 2.45) is 0 Å². The number of hydrogen-bond donors (Lipinski definition) is 1. The monoisotopic (exact) mass is 390 g/mol. The van der Waals surface area contributed by atoms with E-state index in [1.807, 2.05) is 38.1 Å². The smallest absolute Gasteiger partial charge is 0.220 e. The van der Waals surface area contributed by atoms with E-state index < -0.39 is 0 Å². The van der Waals surface area contributed by atoms with Crippen molar-refractivity contribution in [2.75, 3.05) is 6.61 Å². The second-order valence-electron chi connectivity index (χ2n) is 7.74. The molecular formula is C24H26N2O3. The van der Waals surface area contributed by atoms with Crippen LogP contribution in [-0.4, -0.2) is 17.5 Å². The van der Waals surface area contributed by atoms with Crippen LogP contribution >= 0.6 is 0 Å². The molecule has 4 rings (SSSR count). The molecule has 0 spiro atoms. The number of benzene rings is 2. The van der Waals surface area contributed by atoms with Crippen molar-refractivity contribution >= 4 is 5.91 Å². The van der Waals surface area contributed by atoms with Gasteiger partial charge in [-0.1, -0.05) is 47.5 Å². The molecule has 2 aromatic carbocycles. The molecule has 1 aliphatic rings. The van der Waals surface area contributed by atoms with Crippen molar-refractivity contribution in [1.29, 1.82) is 0 Å². The van der Waals surface area contributed by atoms with Crippen LogP contribution in [0.3, 0.4) is 0 Å². The Labute approximate surface area is 171 Å². The average Bonchev–Trinajstić information content (AvgIpc) is 3.17. The van der Waals surface area contributed by atoms with Crippen molar-refractivity contribution in [1.82, 2.24) is 10.3 Å². The van der Waals surface area contributed by atoms with Gasteiger partial charge in [0.05, 0.1) is 18.8 Å². The van der Waals surface area contributed by atoms with E-state index >= 15 is 0 Å². The molecule has 1 amide bonds. The van der Waals surface area contributed by atoms with Crippen LogP contribution in [0.4, 0.5) is 0 Å². The van der Waals surface area contributed by atoms with Gasteiger partial charge < -0.3 is 14.5 Å². The lowest BCUT2D eigenvalue weighted by atomic mass is 9.95. The van der Waals surface area contributed by atoms with E-state index in [4.69, 9.17) is 9.15 Å². The normalized spacial score (nSPS) is 15.5. The topological polar surface area (TPSA) is 64.4 Å². The summed E-state index contributed by atoms with van der Waals surface area (Å²) >= 11 is 0. The zero-order valence-corrected chi connectivity index (χ0v) is 17.1. The lowest BCUT2D eigenvalue weighted by Gasteiger charge is -2.28. The van der Waals surface area contributed by atoms with Crippen LogP contribution in [-0.2, 0) is 11.2 Å². The zero-order chi connectivity index (χ0) is 20.4. The third-order valence-corrected chi connectivity index (χ3v) is 5.27. The summed E-state index contributed by atoms with van der Waals surface area (Å²) in [6.07, 6.45) is 3.31. The molecule has 1 atom stereocenters. The highest BCUT2D eigenvalue weighted by Gasteiger charge is 2.24. The lowest BCUT2D eigenvalue weighted by molar-refractivity contribution is -0.122. The summed E-state index contributed by atoms with van der Waals surface area (Å²) < 4.78 is 11.7.